The minimum atomic E-state index is 0.300. The van der Waals surface area contributed by atoms with Crippen molar-refractivity contribution in [1.82, 2.24) is 10.2 Å². The Labute approximate surface area is 128 Å². The maximum Gasteiger partial charge on any atom is 0.223 e. The fourth-order valence-corrected chi connectivity index (χ4v) is 2.95. The van der Waals surface area contributed by atoms with Crippen molar-refractivity contribution in [2.24, 2.45) is 5.92 Å². The highest BCUT2D eigenvalue weighted by atomic mass is 16.2. The lowest BCUT2D eigenvalue weighted by Gasteiger charge is -2.31. The highest BCUT2D eigenvalue weighted by Crippen LogP contribution is 2.19. The van der Waals surface area contributed by atoms with Gasteiger partial charge in [0.25, 0.3) is 0 Å². The van der Waals surface area contributed by atoms with Crippen LogP contribution in [0.3, 0.4) is 0 Å². The van der Waals surface area contributed by atoms with Gasteiger partial charge in [0.15, 0.2) is 0 Å². The van der Waals surface area contributed by atoms with Crippen LogP contribution in [0.15, 0.2) is 30.3 Å². The summed E-state index contributed by atoms with van der Waals surface area (Å²) in [6.45, 7) is 7.13. The van der Waals surface area contributed by atoms with Crippen LogP contribution in [0.4, 0.5) is 0 Å². The lowest BCUT2D eigenvalue weighted by Crippen LogP contribution is -2.40. The Morgan fingerprint density at radius 1 is 1.38 bits per heavy atom. The summed E-state index contributed by atoms with van der Waals surface area (Å²) in [5, 5.41) is 3.40. The number of nitrogens with zero attached hydrogens (tertiary/aromatic N) is 1. The molecule has 0 bridgehead atoms. The van der Waals surface area contributed by atoms with E-state index in [1.54, 1.807) is 0 Å². The zero-order valence-electron chi connectivity index (χ0n) is 13.3. The zero-order valence-corrected chi connectivity index (χ0v) is 13.3. The maximum absolute atomic E-state index is 12.7. The third-order valence-corrected chi connectivity index (χ3v) is 4.50. The molecule has 2 unspecified atom stereocenters. The molecule has 1 fully saturated rings. The minimum Gasteiger partial charge on any atom is -0.336 e. The monoisotopic (exact) mass is 288 g/mol. The minimum absolute atomic E-state index is 0.300. The van der Waals surface area contributed by atoms with Crippen molar-refractivity contribution >= 4 is 5.91 Å². The molecular weight excluding hydrogens is 260 g/mol. The van der Waals surface area contributed by atoms with E-state index in [9.17, 15) is 4.79 Å². The Hall–Kier alpha value is -1.35. The summed E-state index contributed by atoms with van der Waals surface area (Å²) < 4.78 is 0. The number of benzene rings is 1. The first-order valence-corrected chi connectivity index (χ1v) is 8.24. The van der Waals surface area contributed by atoms with Gasteiger partial charge in [0.05, 0.1) is 0 Å². The normalized spacial score (nSPS) is 20.0. The standard InChI is InChI=1S/C18H28N2O/c1-3-15(2)20(14-16-8-5-4-6-9-16)18(21)12-17-10-7-11-19-13-17/h4-6,8-9,15,17,19H,3,7,10-14H2,1-2H3. The van der Waals surface area contributed by atoms with Crippen LogP contribution < -0.4 is 5.32 Å². The highest BCUT2D eigenvalue weighted by Gasteiger charge is 2.23. The van der Waals surface area contributed by atoms with Crippen LogP contribution in [0.5, 0.6) is 0 Å². The molecule has 1 N–H and O–H groups in total. The number of amides is 1. The average molecular weight is 288 g/mol. The first kappa shape index (κ1) is 16.0. The average Bonchev–Trinajstić information content (AvgIpc) is 2.53. The van der Waals surface area contributed by atoms with E-state index in [0.717, 1.165) is 26.1 Å². The van der Waals surface area contributed by atoms with Crippen LogP contribution in [0.1, 0.15) is 45.1 Å². The van der Waals surface area contributed by atoms with Crippen molar-refractivity contribution in [3.63, 3.8) is 0 Å². The molecule has 1 amide bonds. The van der Waals surface area contributed by atoms with Crippen molar-refractivity contribution < 1.29 is 4.79 Å². The second kappa shape index (κ2) is 8.18. The summed E-state index contributed by atoms with van der Waals surface area (Å²) in [5.41, 5.74) is 1.22. The molecule has 1 heterocycles. The second-order valence-corrected chi connectivity index (χ2v) is 6.18. The van der Waals surface area contributed by atoms with E-state index in [4.69, 9.17) is 0 Å². The van der Waals surface area contributed by atoms with Crippen molar-refractivity contribution in [1.29, 1.82) is 0 Å². The number of carbonyl (C=O) groups excluding carboxylic acids is 1. The molecule has 1 aliphatic rings. The largest absolute Gasteiger partial charge is 0.336 e. The van der Waals surface area contributed by atoms with Crippen LogP contribution in [-0.2, 0) is 11.3 Å². The molecule has 21 heavy (non-hydrogen) atoms. The Balaban J connectivity index is 1.99. The molecule has 1 aliphatic heterocycles. The number of nitrogens with one attached hydrogen (secondary N) is 1. The molecule has 3 nitrogen and oxygen atoms in total. The Kier molecular flexibility index (Phi) is 6.24. The lowest BCUT2D eigenvalue weighted by atomic mass is 9.95. The van der Waals surface area contributed by atoms with Crippen molar-refractivity contribution in [3.8, 4) is 0 Å². The number of rotatable bonds is 6. The fourth-order valence-electron chi connectivity index (χ4n) is 2.95. The summed E-state index contributed by atoms with van der Waals surface area (Å²) in [7, 11) is 0. The maximum atomic E-state index is 12.7. The van der Waals surface area contributed by atoms with Gasteiger partial charge in [-0.05, 0) is 50.8 Å². The van der Waals surface area contributed by atoms with Gasteiger partial charge in [0, 0.05) is 19.0 Å². The number of piperidine rings is 1. The van der Waals surface area contributed by atoms with Gasteiger partial charge in [-0.2, -0.15) is 0 Å². The molecule has 0 aromatic heterocycles. The topological polar surface area (TPSA) is 32.3 Å². The third kappa shape index (κ3) is 4.85. The SMILES string of the molecule is CCC(C)N(Cc1ccccc1)C(=O)CC1CCCNC1. The Morgan fingerprint density at radius 3 is 2.76 bits per heavy atom. The first-order chi connectivity index (χ1) is 10.2. The fraction of sp³-hybridized carbons (Fsp3) is 0.611. The van der Waals surface area contributed by atoms with Crippen LogP contribution in [0.2, 0.25) is 0 Å². The molecular formula is C18H28N2O. The second-order valence-electron chi connectivity index (χ2n) is 6.18. The molecule has 2 atom stereocenters. The molecule has 1 aromatic carbocycles. The van der Waals surface area contributed by atoms with Crippen molar-refractivity contribution in [2.75, 3.05) is 13.1 Å². The number of hydrogen-bond donors (Lipinski definition) is 1. The summed E-state index contributed by atoms with van der Waals surface area (Å²) in [5.74, 6) is 0.815. The molecule has 116 valence electrons. The summed E-state index contributed by atoms with van der Waals surface area (Å²) >= 11 is 0. The number of carbonyl (C=O) groups is 1. The van der Waals surface area contributed by atoms with Gasteiger partial charge in [-0.3, -0.25) is 4.79 Å². The summed E-state index contributed by atoms with van der Waals surface area (Å²) in [6.07, 6.45) is 4.06. The molecule has 0 aliphatic carbocycles. The molecule has 0 spiro atoms. The van der Waals surface area contributed by atoms with Crippen LogP contribution in [0, 0.1) is 5.92 Å². The molecule has 3 heteroatoms. The van der Waals surface area contributed by atoms with Gasteiger partial charge in [0.1, 0.15) is 0 Å². The van der Waals surface area contributed by atoms with E-state index in [2.05, 4.69) is 36.2 Å². The third-order valence-electron chi connectivity index (χ3n) is 4.50. The van der Waals surface area contributed by atoms with Crippen molar-refractivity contribution in [3.05, 3.63) is 35.9 Å². The quantitative estimate of drug-likeness (QED) is 0.872. The van der Waals surface area contributed by atoms with Gasteiger partial charge < -0.3 is 10.2 Å². The van der Waals surface area contributed by atoms with Crippen LogP contribution >= 0.6 is 0 Å². The summed E-state index contributed by atoms with van der Waals surface area (Å²) in [6, 6.07) is 10.6. The molecule has 0 saturated carbocycles. The van der Waals surface area contributed by atoms with Gasteiger partial charge >= 0.3 is 0 Å². The van der Waals surface area contributed by atoms with E-state index < -0.39 is 0 Å². The zero-order chi connectivity index (χ0) is 15.1. The molecule has 1 saturated heterocycles. The number of hydrogen-bond acceptors (Lipinski definition) is 2. The van der Waals surface area contributed by atoms with E-state index in [0.29, 0.717) is 24.3 Å². The molecule has 1 aromatic rings. The first-order valence-electron chi connectivity index (χ1n) is 8.24. The molecule has 0 radical (unpaired) electrons. The van der Waals surface area contributed by atoms with Gasteiger partial charge in [-0.15, -0.1) is 0 Å². The smallest absolute Gasteiger partial charge is 0.223 e. The molecule has 2 rings (SSSR count). The highest BCUT2D eigenvalue weighted by molar-refractivity contribution is 5.76. The van der Waals surface area contributed by atoms with Gasteiger partial charge in [-0.1, -0.05) is 37.3 Å². The van der Waals surface area contributed by atoms with Gasteiger partial charge in [-0.25, -0.2) is 0 Å². The van der Waals surface area contributed by atoms with Crippen LogP contribution in [0.25, 0.3) is 0 Å². The van der Waals surface area contributed by atoms with Crippen LogP contribution in [-0.4, -0.2) is 29.9 Å². The Bertz CT molecular complexity index is 426. The van der Waals surface area contributed by atoms with E-state index >= 15 is 0 Å². The predicted octanol–water partition coefficient (Wildman–Crippen LogP) is 3.20. The van der Waals surface area contributed by atoms with Crippen molar-refractivity contribution in [2.45, 2.75) is 52.1 Å². The van der Waals surface area contributed by atoms with E-state index in [1.165, 1.54) is 18.4 Å². The lowest BCUT2D eigenvalue weighted by molar-refractivity contribution is -0.135. The van der Waals surface area contributed by atoms with E-state index in [1.807, 2.05) is 18.2 Å². The van der Waals surface area contributed by atoms with Gasteiger partial charge in [0.2, 0.25) is 5.91 Å². The Morgan fingerprint density at radius 2 is 2.14 bits per heavy atom. The predicted molar refractivity (Wildman–Crippen MR) is 87.0 cm³/mol. The summed E-state index contributed by atoms with van der Waals surface area (Å²) in [4.78, 5) is 14.8. The van der Waals surface area contributed by atoms with E-state index in [-0.39, 0.29) is 0 Å².